The maximum Gasteiger partial charge on any atom is 0.433 e. The van der Waals surface area contributed by atoms with E-state index >= 15 is 0 Å². The molecule has 0 radical (unpaired) electrons. The molecule has 0 spiro atoms. The number of halogens is 1. The maximum atomic E-state index is 12.4. The highest BCUT2D eigenvalue weighted by Gasteiger charge is 2.54. The Labute approximate surface area is 163 Å². The summed E-state index contributed by atoms with van der Waals surface area (Å²) in [6.07, 6.45) is 0. The largest absolute Gasteiger partial charge is 0.615 e. The molecule has 2 heterocycles. The summed E-state index contributed by atoms with van der Waals surface area (Å²) in [5, 5.41) is 22.1. The normalized spacial score (nSPS) is 25.4. The number of hydrogen-bond donors (Lipinski definition) is 3. The molecule has 1 aromatic rings. The summed E-state index contributed by atoms with van der Waals surface area (Å²) in [5.74, 6) is -1.52. The van der Waals surface area contributed by atoms with Crippen molar-refractivity contribution in [1.29, 1.82) is 0 Å². The number of nitrogens with one attached hydrogen (secondary N) is 2. The minimum Gasteiger partial charge on any atom is -0.615 e. The standard InChI is InChI=1S/C12H16ClN5O7S2/c1-6-7(4-18(6,21)27(22,23)24)14-11(20)10(17-25-2)8-5-26-12(15-8)16-9(19)3-13/h5-7H,3-4H2,1-2H3,(H,14,20)(H,15,16,19)(H,22,23,24)/t6?,7-,18+/m1/s1. The smallest absolute Gasteiger partial charge is 0.433 e. The monoisotopic (exact) mass is 441 g/mol. The second-order valence-electron chi connectivity index (χ2n) is 5.52. The lowest BCUT2D eigenvalue weighted by Gasteiger charge is -2.54. The van der Waals surface area contributed by atoms with Gasteiger partial charge in [0.05, 0.1) is 0 Å². The Morgan fingerprint density at radius 2 is 2.26 bits per heavy atom. The zero-order chi connectivity index (χ0) is 20.4. The van der Waals surface area contributed by atoms with E-state index in [0.717, 1.165) is 11.3 Å². The fourth-order valence-electron chi connectivity index (χ4n) is 2.32. The van der Waals surface area contributed by atoms with Crippen molar-refractivity contribution in [2.45, 2.75) is 19.0 Å². The van der Waals surface area contributed by atoms with Crippen LogP contribution in [0.5, 0.6) is 0 Å². The molecule has 2 amide bonds. The van der Waals surface area contributed by atoms with E-state index in [1.807, 2.05) is 0 Å². The summed E-state index contributed by atoms with van der Waals surface area (Å²) in [4.78, 5) is 32.4. The van der Waals surface area contributed by atoms with Gasteiger partial charge in [-0.1, -0.05) is 5.16 Å². The van der Waals surface area contributed by atoms with Crippen molar-refractivity contribution in [2.24, 2.45) is 5.16 Å². The van der Waals surface area contributed by atoms with E-state index in [1.54, 1.807) is 0 Å². The Balaban J connectivity index is 2.11. The molecular formula is C12H16ClN5O7S2. The van der Waals surface area contributed by atoms with Crippen molar-refractivity contribution < 1.29 is 31.4 Å². The average molecular weight is 442 g/mol. The van der Waals surface area contributed by atoms with E-state index in [2.05, 4.69) is 25.6 Å². The van der Waals surface area contributed by atoms with Gasteiger partial charge in [0.15, 0.2) is 10.8 Å². The van der Waals surface area contributed by atoms with Crippen LogP contribution in [0.4, 0.5) is 5.13 Å². The van der Waals surface area contributed by atoms with Gasteiger partial charge >= 0.3 is 10.3 Å². The van der Waals surface area contributed by atoms with Gasteiger partial charge in [0, 0.05) is 5.38 Å². The second-order valence-corrected chi connectivity index (χ2v) is 8.16. The van der Waals surface area contributed by atoms with Crippen LogP contribution in [0.3, 0.4) is 0 Å². The van der Waals surface area contributed by atoms with Gasteiger partial charge in [-0.25, -0.2) is 13.6 Å². The van der Waals surface area contributed by atoms with Gasteiger partial charge in [0.2, 0.25) is 5.91 Å². The highest BCUT2D eigenvalue weighted by Crippen LogP contribution is 2.31. The lowest BCUT2D eigenvalue weighted by Crippen LogP contribution is -2.75. The number of oxime groups is 1. The Morgan fingerprint density at radius 3 is 2.78 bits per heavy atom. The topological polar surface area (TPSA) is 170 Å². The molecule has 0 saturated carbocycles. The third-order valence-corrected chi connectivity index (χ3v) is 6.14. The molecule has 0 aromatic carbocycles. The number of alkyl halides is 1. The van der Waals surface area contributed by atoms with Gasteiger partial charge in [-0.3, -0.25) is 9.59 Å². The zero-order valence-electron chi connectivity index (χ0n) is 14.1. The Bertz CT molecular complexity index is 873. The van der Waals surface area contributed by atoms with E-state index in [9.17, 15) is 23.2 Å². The summed E-state index contributed by atoms with van der Waals surface area (Å²) < 4.78 is 29.5. The highest BCUT2D eigenvalue weighted by molar-refractivity contribution is 7.80. The van der Waals surface area contributed by atoms with E-state index in [4.69, 9.17) is 16.2 Å². The van der Waals surface area contributed by atoms with Crippen LogP contribution in [0, 0.1) is 5.21 Å². The van der Waals surface area contributed by atoms with Crippen molar-refractivity contribution in [3.63, 3.8) is 0 Å². The number of anilines is 1. The number of quaternary nitrogens is 1. The van der Waals surface area contributed by atoms with Crippen LogP contribution in [0.1, 0.15) is 12.6 Å². The molecule has 150 valence electrons. The number of hydroxylamine groups is 2. The molecule has 15 heteroatoms. The molecule has 0 bridgehead atoms. The summed E-state index contributed by atoms with van der Waals surface area (Å²) in [6, 6.07) is -1.94. The number of nitrogens with zero attached hydrogens (tertiary/aromatic N) is 3. The summed E-state index contributed by atoms with van der Waals surface area (Å²) >= 11 is 6.41. The molecule has 1 saturated heterocycles. The lowest BCUT2D eigenvalue weighted by atomic mass is 10.0. The van der Waals surface area contributed by atoms with Gasteiger partial charge in [0.1, 0.15) is 37.3 Å². The molecule has 1 fully saturated rings. The molecule has 2 rings (SSSR count). The molecule has 3 atom stereocenters. The fourth-order valence-corrected chi connectivity index (χ4v) is 4.02. The van der Waals surface area contributed by atoms with E-state index in [-0.39, 0.29) is 22.4 Å². The first-order valence-electron chi connectivity index (χ1n) is 7.33. The molecule has 1 unspecified atom stereocenters. The third kappa shape index (κ3) is 4.36. The van der Waals surface area contributed by atoms with Crippen LogP contribution in [-0.4, -0.2) is 71.2 Å². The predicted molar refractivity (Wildman–Crippen MR) is 96.4 cm³/mol. The number of hydrogen-bond acceptors (Lipinski definition) is 9. The molecule has 1 aliphatic heterocycles. The quantitative estimate of drug-likeness (QED) is 0.129. The Hall–Kier alpha value is -1.84. The molecule has 27 heavy (non-hydrogen) atoms. The van der Waals surface area contributed by atoms with Crippen molar-refractivity contribution in [3.05, 3.63) is 16.3 Å². The van der Waals surface area contributed by atoms with Crippen LogP contribution in [0.25, 0.3) is 0 Å². The van der Waals surface area contributed by atoms with E-state index in [0.29, 0.717) is 0 Å². The van der Waals surface area contributed by atoms with Gasteiger partial charge in [-0.2, -0.15) is 0 Å². The highest BCUT2D eigenvalue weighted by atomic mass is 35.5. The summed E-state index contributed by atoms with van der Waals surface area (Å²) in [5.41, 5.74) is -0.149. The summed E-state index contributed by atoms with van der Waals surface area (Å²) in [7, 11) is -3.65. The number of carbonyl (C=O) groups excluding carboxylic acids is 2. The third-order valence-electron chi connectivity index (χ3n) is 3.87. The van der Waals surface area contributed by atoms with Crippen LogP contribution >= 0.6 is 22.9 Å². The number of amides is 2. The summed E-state index contributed by atoms with van der Waals surface area (Å²) in [6.45, 7) is 0.727. The first-order chi connectivity index (χ1) is 12.5. The van der Waals surface area contributed by atoms with E-state index < -0.39 is 44.8 Å². The molecule has 1 aliphatic rings. The number of rotatable bonds is 7. The molecule has 3 N–H and O–H groups in total. The van der Waals surface area contributed by atoms with Gasteiger partial charge < -0.3 is 20.7 Å². The SMILES string of the molecule is CON=C(C(=O)N[C@@H]1C[N@+]([O-])(S(=O)(=O)O)C1C)c1csc(NC(=O)CCl)n1. The fraction of sp³-hybridized carbons (Fsp3) is 0.500. The Kier molecular flexibility index (Phi) is 6.39. The first kappa shape index (κ1) is 21.5. The van der Waals surface area contributed by atoms with Crippen molar-refractivity contribution in [3.8, 4) is 0 Å². The van der Waals surface area contributed by atoms with Crippen LogP contribution in [-0.2, 0) is 24.7 Å². The number of thiazole rings is 1. The lowest BCUT2D eigenvalue weighted by molar-refractivity contribution is -0.835. The van der Waals surface area contributed by atoms with Crippen molar-refractivity contribution in [1.82, 2.24) is 10.3 Å². The molecule has 12 nitrogen and oxygen atoms in total. The predicted octanol–water partition coefficient (Wildman–Crippen LogP) is -0.325. The molecular weight excluding hydrogens is 426 g/mol. The van der Waals surface area contributed by atoms with Gasteiger partial charge in [0.25, 0.3) is 5.91 Å². The second kappa shape index (κ2) is 8.04. The van der Waals surface area contributed by atoms with Crippen LogP contribution in [0.2, 0.25) is 0 Å². The molecule has 0 aliphatic carbocycles. The van der Waals surface area contributed by atoms with Crippen molar-refractivity contribution in [2.75, 3.05) is 24.9 Å². The number of aromatic nitrogens is 1. The number of carbonyl (C=O) groups is 2. The van der Waals surface area contributed by atoms with Gasteiger partial charge in [-0.15, -0.1) is 31.4 Å². The minimum atomic E-state index is -4.86. The first-order valence-corrected chi connectivity index (χ1v) is 10.1. The molecule has 1 aromatic heterocycles. The van der Waals surface area contributed by atoms with Crippen LogP contribution in [0.15, 0.2) is 10.5 Å². The van der Waals surface area contributed by atoms with Crippen LogP contribution < -0.4 is 10.6 Å². The minimum absolute atomic E-state index is 0.0915. The zero-order valence-corrected chi connectivity index (χ0v) is 16.5. The Morgan fingerprint density at radius 1 is 1.59 bits per heavy atom. The van der Waals surface area contributed by atoms with E-state index in [1.165, 1.54) is 19.4 Å². The average Bonchev–Trinajstić information content (AvgIpc) is 3.05. The van der Waals surface area contributed by atoms with Crippen molar-refractivity contribution >= 4 is 55.9 Å². The maximum absolute atomic E-state index is 12.4. The van der Waals surface area contributed by atoms with Gasteiger partial charge in [-0.05, 0) is 6.92 Å².